The van der Waals surface area contributed by atoms with E-state index in [2.05, 4.69) is 16.9 Å². The van der Waals surface area contributed by atoms with E-state index in [9.17, 15) is 0 Å². The molecule has 0 spiro atoms. The Balaban J connectivity index is 2.68. The fraction of sp³-hybridized carbons (Fsp3) is 0.500. The summed E-state index contributed by atoms with van der Waals surface area (Å²) in [5, 5.41) is 8.66. The van der Waals surface area contributed by atoms with Gasteiger partial charge in [-0.25, -0.2) is 4.98 Å². The Morgan fingerprint density at radius 1 is 1.50 bits per heavy atom. The van der Waals surface area contributed by atoms with Crippen LogP contribution in [0.2, 0.25) is 0 Å². The van der Waals surface area contributed by atoms with Crippen LogP contribution < -0.4 is 4.74 Å². The summed E-state index contributed by atoms with van der Waals surface area (Å²) in [5.74, 6) is 0. The van der Waals surface area contributed by atoms with Gasteiger partial charge in [0, 0.05) is 5.69 Å². The third-order valence-electron chi connectivity index (χ3n) is 1.68. The second-order valence-electron chi connectivity index (χ2n) is 2.99. The molecule has 1 aromatic heterocycles. The van der Waals surface area contributed by atoms with Gasteiger partial charge in [-0.15, -0.1) is 0 Å². The van der Waals surface area contributed by atoms with E-state index in [1.165, 1.54) is 0 Å². The molecule has 0 aliphatic carbocycles. The lowest BCUT2D eigenvalue weighted by Gasteiger charge is -2.03. The highest BCUT2D eigenvalue weighted by molar-refractivity contribution is 5.23. The van der Waals surface area contributed by atoms with Crippen molar-refractivity contribution in [1.82, 2.24) is 9.97 Å². The maximum atomic E-state index is 8.66. The minimum Gasteiger partial charge on any atom is -0.463 e. The van der Waals surface area contributed by atoms with E-state index in [-0.39, 0.29) is 0 Å². The minimum atomic E-state index is 0.301. The van der Waals surface area contributed by atoms with Crippen molar-refractivity contribution in [3.05, 3.63) is 17.5 Å². The highest BCUT2D eigenvalue weighted by Gasteiger charge is 2.01. The largest absolute Gasteiger partial charge is 0.463 e. The molecule has 0 saturated carbocycles. The summed E-state index contributed by atoms with van der Waals surface area (Å²) in [7, 11) is 0. The highest BCUT2D eigenvalue weighted by atomic mass is 16.5. The van der Waals surface area contributed by atoms with Crippen molar-refractivity contribution >= 4 is 0 Å². The number of ether oxygens (including phenoxy) is 1. The van der Waals surface area contributed by atoms with E-state index in [0.717, 1.165) is 18.5 Å². The van der Waals surface area contributed by atoms with Crippen molar-refractivity contribution in [3.8, 4) is 12.1 Å². The number of unbranched alkanes of at least 4 members (excludes halogenated alkanes) is 1. The molecule has 0 aliphatic heterocycles. The van der Waals surface area contributed by atoms with Gasteiger partial charge in [-0.3, -0.25) is 0 Å². The average molecular weight is 191 g/mol. The first kappa shape index (κ1) is 10.5. The number of nitrogens with zero attached hydrogens (tertiary/aromatic N) is 3. The molecule has 0 amide bonds. The van der Waals surface area contributed by atoms with Crippen LogP contribution in [-0.2, 0) is 0 Å². The summed E-state index contributed by atoms with van der Waals surface area (Å²) in [5.41, 5.74) is 1.10. The molecular weight excluding hydrogens is 178 g/mol. The topological polar surface area (TPSA) is 58.8 Å². The zero-order valence-corrected chi connectivity index (χ0v) is 8.45. The molecule has 0 saturated heterocycles. The van der Waals surface area contributed by atoms with Crippen LogP contribution in [0.5, 0.6) is 6.01 Å². The van der Waals surface area contributed by atoms with Gasteiger partial charge in [0.2, 0.25) is 0 Å². The van der Waals surface area contributed by atoms with E-state index in [1.807, 2.05) is 13.0 Å². The first-order chi connectivity index (χ1) is 6.76. The summed E-state index contributed by atoms with van der Waals surface area (Å²) in [4.78, 5) is 8.00. The van der Waals surface area contributed by atoms with Gasteiger partial charge in [0.05, 0.1) is 6.61 Å². The maximum absolute atomic E-state index is 8.66. The lowest BCUT2D eigenvalue weighted by molar-refractivity contribution is 0.284. The number of hydrogen-bond acceptors (Lipinski definition) is 4. The second kappa shape index (κ2) is 5.18. The summed E-state index contributed by atoms with van der Waals surface area (Å²) in [6.07, 6.45) is 2.04. The fourth-order valence-electron chi connectivity index (χ4n) is 0.971. The molecule has 1 aromatic rings. The third-order valence-corrected chi connectivity index (χ3v) is 1.68. The van der Waals surface area contributed by atoms with Crippen LogP contribution in [0.15, 0.2) is 6.07 Å². The Hall–Kier alpha value is -1.63. The van der Waals surface area contributed by atoms with Crippen LogP contribution in [0.1, 0.15) is 31.2 Å². The minimum absolute atomic E-state index is 0.301. The molecule has 4 heteroatoms. The highest BCUT2D eigenvalue weighted by Crippen LogP contribution is 2.06. The Kier molecular flexibility index (Phi) is 3.86. The van der Waals surface area contributed by atoms with Crippen molar-refractivity contribution in [1.29, 1.82) is 5.26 Å². The predicted molar refractivity (Wildman–Crippen MR) is 51.9 cm³/mol. The van der Waals surface area contributed by atoms with Crippen molar-refractivity contribution in [3.63, 3.8) is 0 Å². The van der Waals surface area contributed by atoms with Gasteiger partial charge >= 0.3 is 6.01 Å². The number of aryl methyl sites for hydroxylation is 1. The van der Waals surface area contributed by atoms with Crippen LogP contribution in [0.25, 0.3) is 0 Å². The first-order valence-electron chi connectivity index (χ1n) is 4.65. The molecule has 0 aromatic carbocycles. The maximum Gasteiger partial charge on any atom is 0.317 e. The molecule has 0 bridgehead atoms. The predicted octanol–water partition coefficient (Wildman–Crippen LogP) is 1.84. The molecule has 74 valence electrons. The SMILES string of the molecule is CCCCOc1nc(C)cc(C#N)n1. The smallest absolute Gasteiger partial charge is 0.317 e. The van der Waals surface area contributed by atoms with E-state index in [0.29, 0.717) is 18.3 Å². The Morgan fingerprint density at radius 3 is 2.93 bits per heavy atom. The summed E-state index contributed by atoms with van der Waals surface area (Å²) < 4.78 is 5.30. The van der Waals surface area contributed by atoms with E-state index < -0.39 is 0 Å². The van der Waals surface area contributed by atoms with Gasteiger partial charge in [0.25, 0.3) is 0 Å². The van der Waals surface area contributed by atoms with Gasteiger partial charge in [-0.1, -0.05) is 13.3 Å². The third kappa shape index (κ3) is 3.02. The summed E-state index contributed by atoms with van der Waals surface area (Å²) >= 11 is 0. The number of nitriles is 1. The van der Waals surface area contributed by atoms with E-state index >= 15 is 0 Å². The summed E-state index contributed by atoms with van der Waals surface area (Å²) in [6.45, 7) is 4.50. The molecule has 0 fully saturated rings. The molecule has 1 rings (SSSR count). The van der Waals surface area contributed by atoms with Crippen molar-refractivity contribution < 1.29 is 4.74 Å². The fourth-order valence-corrected chi connectivity index (χ4v) is 0.971. The second-order valence-corrected chi connectivity index (χ2v) is 2.99. The zero-order chi connectivity index (χ0) is 10.4. The summed E-state index contributed by atoms with van der Waals surface area (Å²) in [6, 6.07) is 3.90. The van der Waals surface area contributed by atoms with Crippen molar-refractivity contribution in [2.75, 3.05) is 6.61 Å². The molecule has 0 aliphatic rings. The standard InChI is InChI=1S/C10H13N3O/c1-3-4-5-14-10-12-8(2)6-9(7-11)13-10/h6H,3-5H2,1-2H3. The van der Waals surface area contributed by atoms with Crippen LogP contribution >= 0.6 is 0 Å². The molecule has 1 heterocycles. The van der Waals surface area contributed by atoms with Gasteiger partial charge in [0.1, 0.15) is 11.8 Å². The van der Waals surface area contributed by atoms with Gasteiger partial charge in [-0.2, -0.15) is 10.2 Å². The lowest BCUT2D eigenvalue weighted by atomic mass is 10.3. The number of aromatic nitrogens is 2. The van der Waals surface area contributed by atoms with Crippen LogP contribution in [0, 0.1) is 18.3 Å². The Morgan fingerprint density at radius 2 is 2.29 bits per heavy atom. The Labute approximate surface area is 83.6 Å². The van der Waals surface area contributed by atoms with Gasteiger partial charge in [-0.05, 0) is 19.4 Å². The number of rotatable bonds is 4. The zero-order valence-electron chi connectivity index (χ0n) is 8.45. The molecule has 0 N–H and O–H groups in total. The molecular formula is C10H13N3O. The molecule has 0 unspecified atom stereocenters. The lowest BCUT2D eigenvalue weighted by Crippen LogP contribution is -2.02. The normalized spacial score (nSPS) is 9.50. The van der Waals surface area contributed by atoms with Crippen molar-refractivity contribution in [2.45, 2.75) is 26.7 Å². The van der Waals surface area contributed by atoms with Crippen LogP contribution in [0.4, 0.5) is 0 Å². The molecule has 0 radical (unpaired) electrons. The molecule has 0 atom stereocenters. The quantitative estimate of drug-likeness (QED) is 0.681. The molecule has 14 heavy (non-hydrogen) atoms. The monoisotopic (exact) mass is 191 g/mol. The number of hydrogen-bond donors (Lipinski definition) is 0. The van der Waals surface area contributed by atoms with Gasteiger partial charge in [0.15, 0.2) is 0 Å². The first-order valence-corrected chi connectivity index (χ1v) is 4.65. The van der Waals surface area contributed by atoms with Crippen LogP contribution in [0.3, 0.4) is 0 Å². The Bertz CT molecular complexity index is 344. The van der Waals surface area contributed by atoms with Crippen LogP contribution in [-0.4, -0.2) is 16.6 Å². The van der Waals surface area contributed by atoms with E-state index in [4.69, 9.17) is 10.00 Å². The van der Waals surface area contributed by atoms with Crippen molar-refractivity contribution in [2.24, 2.45) is 0 Å². The average Bonchev–Trinajstić information content (AvgIpc) is 2.17. The van der Waals surface area contributed by atoms with Gasteiger partial charge < -0.3 is 4.74 Å². The van der Waals surface area contributed by atoms with E-state index in [1.54, 1.807) is 6.07 Å². The molecule has 4 nitrogen and oxygen atoms in total.